The molecule has 0 spiro atoms. The second-order valence-electron chi connectivity index (χ2n) is 15.3. The van der Waals surface area contributed by atoms with Gasteiger partial charge in [0.15, 0.2) is 15.3 Å². The van der Waals surface area contributed by atoms with Crippen molar-refractivity contribution in [2.24, 2.45) is 17.8 Å². The van der Waals surface area contributed by atoms with Gasteiger partial charge in [0, 0.05) is 43.7 Å². The molecule has 1 aliphatic carbocycles. The van der Waals surface area contributed by atoms with Crippen LogP contribution >= 0.6 is 47.0 Å². The van der Waals surface area contributed by atoms with Crippen LogP contribution in [-0.2, 0) is 19.2 Å². The van der Waals surface area contributed by atoms with Crippen molar-refractivity contribution >= 4 is 112 Å². The molecule has 2 N–H and O–H groups in total. The molecular weight excluding hydrogens is 765 g/mol. The summed E-state index contributed by atoms with van der Waals surface area (Å²) in [6.45, 7) is 8.08. The summed E-state index contributed by atoms with van der Waals surface area (Å²) in [7, 11) is 0. The van der Waals surface area contributed by atoms with Crippen LogP contribution in [0.4, 0.5) is 0 Å². The van der Waals surface area contributed by atoms with Crippen molar-refractivity contribution in [3.63, 3.8) is 0 Å². The zero-order valence-electron chi connectivity index (χ0n) is 30.7. The van der Waals surface area contributed by atoms with Crippen molar-refractivity contribution in [3.8, 4) is 0 Å². The standard InChI is InChI=1S/C43H38N4O4S4/c1-5-23-37-30-14-21-12-26(24-8-7-19(3)52-42(24)50)28(44-21)16-29-27(34-10-6-18(2)40(48)54-34)13-22(45-29)15-31-39-35-11-9-25(43(51)55-35)38(39)33(47-31)17-32(46-30)36(37)20(4)53-41(23)49/h6-8,10,12-20,23-25,34-35,45-46H,5,9,11H2,1-4H3. The molecule has 3 aromatic rings. The first-order valence-electron chi connectivity index (χ1n) is 19.0. The summed E-state index contributed by atoms with van der Waals surface area (Å²) in [5.74, 6) is -1.15. The summed E-state index contributed by atoms with van der Waals surface area (Å²) in [5, 5.41) is 0.371. The van der Waals surface area contributed by atoms with E-state index in [0.717, 1.165) is 79.7 Å². The van der Waals surface area contributed by atoms with Crippen LogP contribution < -0.4 is 0 Å². The van der Waals surface area contributed by atoms with Crippen LogP contribution in [0.1, 0.15) is 103 Å². The van der Waals surface area contributed by atoms with E-state index in [2.05, 4.69) is 54.2 Å². The lowest BCUT2D eigenvalue weighted by Gasteiger charge is -2.35. The summed E-state index contributed by atoms with van der Waals surface area (Å²) in [6.07, 6.45) is 12.5. The summed E-state index contributed by atoms with van der Waals surface area (Å²) < 4.78 is 0. The predicted octanol–water partition coefficient (Wildman–Crippen LogP) is 9.99. The van der Waals surface area contributed by atoms with E-state index >= 15 is 0 Å². The lowest BCUT2D eigenvalue weighted by molar-refractivity contribution is -0.114. The number of carbonyl (C=O) groups is 4. The molecule has 0 aromatic carbocycles. The first-order valence-corrected chi connectivity index (χ1v) is 22.5. The molecule has 10 bridgehead atoms. The minimum atomic E-state index is -0.475. The van der Waals surface area contributed by atoms with Gasteiger partial charge in [0.1, 0.15) is 0 Å². The molecule has 0 saturated carbocycles. The van der Waals surface area contributed by atoms with Gasteiger partial charge < -0.3 is 9.97 Å². The molecule has 1 saturated heterocycles. The molecule has 278 valence electrons. The highest BCUT2D eigenvalue weighted by Crippen LogP contribution is 2.55. The lowest BCUT2D eigenvalue weighted by Crippen LogP contribution is -2.30. The maximum absolute atomic E-state index is 13.6. The Morgan fingerprint density at radius 1 is 0.691 bits per heavy atom. The fraction of sp³-hybridized carbons (Fsp3) is 0.349. The van der Waals surface area contributed by atoms with Gasteiger partial charge in [-0.05, 0) is 103 Å². The van der Waals surface area contributed by atoms with Crippen LogP contribution in [0.25, 0.3) is 44.9 Å². The number of H-pyrrole nitrogens is 2. The quantitative estimate of drug-likeness (QED) is 0.247. The van der Waals surface area contributed by atoms with Crippen molar-refractivity contribution in [1.29, 1.82) is 0 Å². The summed E-state index contributed by atoms with van der Waals surface area (Å²) in [5.41, 5.74) is 12.3. The van der Waals surface area contributed by atoms with Crippen LogP contribution in [0.2, 0.25) is 0 Å². The fourth-order valence-corrected chi connectivity index (χ4v) is 13.5. The highest BCUT2D eigenvalue weighted by Gasteiger charge is 2.45. The molecule has 11 rings (SSSR count). The van der Waals surface area contributed by atoms with Crippen LogP contribution in [0, 0.1) is 17.8 Å². The van der Waals surface area contributed by atoms with Gasteiger partial charge in [0.05, 0.1) is 45.8 Å². The van der Waals surface area contributed by atoms with Crippen LogP contribution in [0.5, 0.6) is 0 Å². The molecule has 7 aliphatic heterocycles. The van der Waals surface area contributed by atoms with Crippen LogP contribution in [-0.4, -0.2) is 50.9 Å². The zero-order valence-corrected chi connectivity index (χ0v) is 33.9. The number of fused-ring (bicyclic) bond motifs is 13. The van der Waals surface area contributed by atoms with Crippen molar-refractivity contribution in [2.45, 2.75) is 73.9 Å². The Kier molecular flexibility index (Phi) is 8.66. The third-order valence-electron chi connectivity index (χ3n) is 11.8. The number of thioether (sulfide) groups is 4. The van der Waals surface area contributed by atoms with Crippen LogP contribution in [0.15, 0.2) is 54.6 Å². The molecule has 1 fully saturated rings. The van der Waals surface area contributed by atoms with Crippen molar-refractivity contribution < 1.29 is 19.2 Å². The molecule has 0 amide bonds. The van der Waals surface area contributed by atoms with E-state index in [0.29, 0.717) is 17.8 Å². The van der Waals surface area contributed by atoms with E-state index < -0.39 is 5.92 Å². The maximum atomic E-state index is 13.6. The number of aromatic nitrogens is 4. The van der Waals surface area contributed by atoms with Gasteiger partial charge in [-0.25, -0.2) is 9.97 Å². The van der Waals surface area contributed by atoms with Gasteiger partial charge in [-0.2, -0.15) is 0 Å². The number of aromatic amines is 2. The van der Waals surface area contributed by atoms with Crippen molar-refractivity contribution in [1.82, 2.24) is 19.9 Å². The molecule has 8 nitrogen and oxygen atoms in total. The van der Waals surface area contributed by atoms with Gasteiger partial charge in [-0.1, -0.05) is 85.2 Å². The Bertz CT molecular complexity index is 2580. The monoisotopic (exact) mass is 802 g/mol. The average Bonchev–Trinajstić information content (AvgIpc) is 3.91. The third-order valence-corrected chi connectivity index (χ3v) is 16.4. The molecule has 3 aromatic heterocycles. The van der Waals surface area contributed by atoms with E-state index in [9.17, 15) is 19.2 Å². The third kappa shape index (κ3) is 5.84. The van der Waals surface area contributed by atoms with Crippen molar-refractivity contribution in [2.75, 3.05) is 0 Å². The first kappa shape index (κ1) is 35.6. The second kappa shape index (κ2) is 13.4. The number of hydrogen-bond donors (Lipinski definition) is 2. The van der Waals surface area contributed by atoms with Gasteiger partial charge in [0.25, 0.3) is 0 Å². The summed E-state index contributed by atoms with van der Waals surface area (Å²) in [4.78, 5) is 71.5. The van der Waals surface area contributed by atoms with Crippen molar-refractivity contribution in [3.05, 3.63) is 94.1 Å². The molecule has 12 heteroatoms. The molecule has 55 heavy (non-hydrogen) atoms. The average molecular weight is 803 g/mol. The Morgan fingerprint density at radius 2 is 1.49 bits per heavy atom. The Morgan fingerprint density at radius 3 is 2.27 bits per heavy atom. The highest BCUT2D eigenvalue weighted by molar-refractivity contribution is 8.15. The minimum Gasteiger partial charge on any atom is -0.355 e. The first-order chi connectivity index (χ1) is 26.5. The Hall–Kier alpha value is -3.84. The summed E-state index contributed by atoms with van der Waals surface area (Å²) >= 11 is 5.47. The predicted molar refractivity (Wildman–Crippen MR) is 227 cm³/mol. The normalized spacial score (nSPS) is 29.9. The molecule has 8 unspecified atom stereocenters. The molecule has 0 radical (unpaired) electrons. The number of allylic oxidation sites excluding steroid dienone is 4. The topological polar surface area (TPSA) is 126 Å². The maximum Gasteiger partial charge on any atom is 0.200 e. The van der Waals surface area contributed by atoms with E-state index in [1.165, 1.54) is 47.0 Å². The fourth-order valence-electron chi connectivity index (χ4n) is 9.12. The largest absolute Gasteiger partial charge is 0.355 e. The smallest absolute Gasteiger partial charge is 0.200 e. The van der Waals surface area contributed by atoms with E-state index in [1.807, 2.05) is 44.2 Å². The number of nitrogens with one attached hydrogen (secondary N) is 2. The van der Waals surface area contributed by atoms with Gasteiger partial charge in [-0.3, -0.25) is 19.2 Å². The van der Waals surface area contributed by atoms with E-state index in [1.54, 1.807) is 0 Å². The molecular formula is C43H38N4O4S4. The Labute approximate surface area is 335 Å². The number of rotatable bonds is 3. The van der Waals surface area contributed by atoms with E-state index in [4.69, 9.17) is 9.97 Å². The molecule has 10 heterocycles. The van der Waals surface area contributed by atoms with Gasteiger partial charge in [-0.15, -0.1) is 0 Å². The lowest BCUT2D eigenvalue weighted by atomic mass is 9.81. The zero-order chi connectivity index (χ0) is 37.9. The Balaban J connectivity index is 1.31. The second-order valence-corrected chi connectivity index (χ2v) is 20.4. The summed E-state index contributed by atoms with van der Waals surface area (Å²) in [6, 6.07) is 10.3. The van der Waals surface area contributed by atoms with Gasteiger partial charge in [0.2, 0.25) is 5.12 Å². The minimum absolute atomic E-state index is 0.0285. The van der Waals surface area contributed by atoms with Gasteiger partial charge >= 0.3 is 0 Å². The van der Waals surface area contributed by atoms with Crippen LogP contribution in [0.3, 0.4) is 0 Å². The molecule has 8 atom stereocenters. The highest BCUT2D eigenvalue weighted by atomic mass is 32.2. The number of hydrogen-bond acceptors (Lipinski definition) is 10. The van der Waals surface area contributed by atoms with E-state index in [-0.39, 0.29) is 59.2 Å². The SMILES string of the molecule is CCC1C(=O)SC(C)c2c1c1cc3nc(cc4[nH]c(cc5nc(cc2[nH]1)C1=C5C2CCC1C(=O)S2)cc4C1C=CC(C)C(=O)S1)C(C1C=CC(C)SC1=O)=C3. The number of nitrogens with zero attached hydrogens (tertiary/aromatic N) is 2. The number of carbonyl (C=O) groups excluding carboxylic acids is 4. The molecule has 8 aliphatic rings.